The predicted octanol–water partition coefficient (Wildman–Crippen LogP) is 10.0. The Morgan fingerprint density at radius 2 is 1.76 bits per heavy atom. The minimum Gasteiger partial charge on any atom is -0.446 e. The first-order valence-corrected chi connectivity index (χ1v) is 14.2. The van der Waals surface area contributed by atoms with E-state index in [1.54, 1.807) is 0 Å². The molecule has 0 unspecified atom stereocenters. The number of rotatable bonds is 4. The fraction of sp³-hybridized carbons (Fsp3) is 0.294. The van der Waals surface area contributed by atoms with Gasteiger partial charge in [-0.2, -0.15) is 0 Å². The molecule has 4 heterocycles. The topological polar surface area (TPSA) is 38.9 Å². The molecule has 4 heteroatoms. The Morgan fingerprint density at radius 3 is 2.53 bits per heavy atom. The van der Waals surface area contributed by atoms with Gasteiger partial charge in [0, 0.05) is 32.9 Å². The molecule has 0 spiro atoms. The molecule has 0 aliphatic carbocycles. The number of nitrogens with zero attached hydrogens (tertiary/aromatic N) is 2. The number of aryl methyl sites for hydroxylation is 2. The number of benzene rings is 2. The van der Waals surface area contributed by atoms with Crippen molar-refractivity contribution in [1.82, 2.24) is 9.97 Å². The summed E-state index contributed by atoms with van der Waals surface area (Å²) in [5.74, 6) is 0.636. The Kier molecular flexibility index (Phi) is 5.92. The molecule has 0 fully saturated rings. The molecule has 0 atom stereocenters. The van der Waals surface area contributed by atoms with Crippen LogP contribution in [0.15, 0.2) is 65.5 Å². The van der Waals surface area contributed by atoms with Crippen LogP contribution in [0.1, 0.15) is 56.2 Å². The highest BCUT2D eigenvalue weighted by Gasteiger charge is 2.21. The van der Waals surface area contributed by atoms with E-state index < -0.39 is 0 Å². The van der Waals surface area contributed by atoms with Gasteiger partial charge < -0.3 is 4.42 Å². The number of hydrogen-bond acceptors (Lipinski definition) is 4. The molecule has 0 bridgehead atoms. The van der Waals surface area contributed by atoms with Crippen LogP contribution in [0.5, 0.6) is 0 Å². The zero-order chi connectivity index (χ0) is 26.8. The Hall–Kier alpha value is -3.50. The van der Waals surface area contributed by atoms with Crippen LogP contribution < -0.4 is 0 Å². The summed E-state index contributed by atoms with van der Waals surface area (Å²) in [5.41, 5.74) is 8.92. The van der Waals surface area contributed by atoms with Crippen LogP contribution in [0, 0.1) is 19.8 Å². The zero-order valence-corrected chi connectivity index (χ0v) is 24.1. The standard InChI is InChI=1S/C34H34N2OS/c1-19(2)12-27-21(4)38-31-15-22(8-9-26(27)31)28-16-30(36-33-32(28)20(3)18-37-33)23-13-24-17-35-11-10-25(24)29(14-23)34(5,6)7/h8-11,13-19H,12H2,1-7H3. The third-order valence-electron chi connectivity index (χ3n) is 7.50. The van der Waals surface area contributed by atoms with Gasteiger partial charge in [0.2, 0.25) is 5.71 Å². The summed E-state index contributed by atoms with van der Waals surface area (Å²) < 4.78 is 7.33. The van der Waals surface area contributed by atoms with Crippen LogP contribution >= 0.6 is 11.3 Å². The lowest BCUT2D eigenvalue weighted by molar-refractivity contribution is 0.596. The van der Waals surface area contributed by atoms with E-state index in [2.05, 4.69) is 95.9 Å². The molecular formula is C34H34N2OS. The molecule has 0 amide bonds. The molecule has 0 aliphatic rings. The second-order valence-electron chi connectivity index (χ2n) is 12.0. The van der Waals surface area contributed by atoms with Gasteiger partial charge in [0.05, 0.1) is 17.3 Å². The quantitative estimate of drug-likeness (QED) is 0.233. The van der Waals surface area contributed by atoms with E-state index in [1.165, 1.54) is 42.6 Å². The van der Waals surface area contributed by atoms with Crippen LogP contribution in [0.25, 0.3) is 54.3 Å². The SMILES string of the molecule is Cc1sc2cc(-c3cc(-c4cc(C(C)(C)C)c5ccncc5c4)nc4occ(C)c34)ccc2c1CC(C)C. The lowest BCUT2D eigenvalue weighted by Crippen LogP contribution is -2.12. The summed E-state index contributed by atoms with van der Waals surface area (Å²) in [7, 11) is 0. The van der Waals surface area contributed by atoms with Crippen LogP contribution in [0.4, 0.5) is 0 Å². The molecule has 6 rings (SSSR count). The summed E-state index contributed by atoms with van der Waals surface area (Å²) in [4.78, 5) is 10.8. The summed E-state index contributed by atoms with van der Waals surface area (Å²) >= 11 is 1.90. The first-order valence-electron chi connectivity index (χ1n) is 13.4. The van der Waals surface area contributed by atoms with E-state index in [1.807, 2.05) is 30.0 Å². The van der Waals surface area contributed by atoms with Crippen molar-refractivity contribution in [3.05, 3.63) is 82.7 Å². The molecule has 0 saturated carbocycles. The lowest BCUT2D eigenvalue weighted by Gasteiger charge is -2.22. The van der Waals surface area contributed by atoms with E-state index >= 15 is 0 Å². The van der Waals surface area contributed by atoms with Gasteiger partial charge in [-0.3, -0.25) is 4.98 Å². The highest BCUT2D eigenvalue weighted by atomic mass is 32.1. The average Bonchev–Trinajstić information content (AvgIpc) is 3.40. The van der Waals surface area contributed by atoms with E-state index in [4.69, 9.17) is 9.40 Å². The minimum atomic E-state index is -0.0143. The van der Waals surface area contributed by atoms with Crippen molar-refractivity contribution < 1.29 is 4.42 Å². The van der Waals surface area contributed by atoms with Crippen molar-refractivity contribution in [3.8, 4) is 22.4 Å². The van der Waals surface area contributed by atoms with E-state index in [-0.39, 0.29) is 5.41 Å². The van der Waals surface area contributed by atoms with Crippen molar-refractivity contribution in [2.45, 2.75) is 60.3 Å². The molecule has 0 aliphatic heterocycles. The highest BCUT2D eigenvalue weighted by Crippen LogP contribution is 2.41. The van der Waals surface area contributed by atoms with E-state index in [0.29, 0.717) is 11.6 Å². The van der Waals surface area contributed by atoms with Crippen molar-refractivity contribution in [2.75, 3.05) is 0 Å². The Morgan fingerprint density at radius 1 is 0.947 bits per heavy atom. The van der Waals surface area contributed by atoms with Crippen molar-refractivity contribution in [2.24, 2.45) is 5.92 Å². The lowest BCUT2D eigenvalue weighted by atomic mass is 9.82. The number of pyridine rings is 2. The Labute approximate surface area is 228 Å². The zero-order valence-electron chi connectivity index (χ0n) is 23.3. The third kappa shape index (κ3) is 4.21. The smallest absolute Gasteiger partial charge is 0.227 e. The molecule has 192 valence electrons. The largest absolute Gasteiger partial charge is 0.446 e. The summed E-state index contributed by atoms with van der Waals surface area (Å²) in [6.07, 6.45) is 6.76. The first kappa shape index (κ1) is 24.8. The Bertz CT molecular complexity index is 1830. The van der Waals surface area contributed by atoms with E-state index in [0.717, 1.165) is 34.0 Å². The second-order valence-corrected chi connectivity index (χ2v) is 13.2. The Balaban J connectivity index is 1.58. The normalized spacial score (nSPS) is 12.4. The number of furan rings is 1. The average molecular weight is 519 g/mol. The molecular weight excluding hydrogens is 484 g/mol. The molecule has 2 aromatic carbocycles. The molecule has 0 radical (unpaired) electrons. The summed E-state index contributed by atoms with van der Waals surface area (Å²) in [5, 5.41) is 4.84. The second kappa shape index (κ2) is 9.06. The number of thiophene rings is 1. The predicted molar refractivity (Wildman–Crippen MR) is 162 cm³/mol. The maximum atomic E-state index is 5.99. The fourth-order valence-corrected chi connectivity index (χ4v) is 6.78. The van der Waals surface area contributed by atoms with Crippen molar-refractivity contribution in [1.29, 1.82) is 0 Å². The fourth-order valence-electron chi connectivity index (χ4n) is 5.65. The summed E-state index contributed by atoms with van der Waals surface area (Å²) in [6, 6.07) is 15.8. The van der Waals surface area contributed by atoms with Gasteiger partial charge in [0.25, 0.3) is 0 Å². The minimum absolute atomic E-state index is 0.0143. The molecule has 0 saturated heterocycles. The van der Waals surface area contributed by atoms with Crippen molar-refractivity contribution in [3.63, 3.8) is 0 Å². The van der Waals surface area contributed by atoms with E-state index in [9.17, 15) is 0 Å². The maximum Gasteiger partial charge on any atom is 0.227 e. The first-order chi connectivity index (χ1) is 18.1. The van der Waals surface area contributed by atoms with Gasteiger partial charge in [-0.05, 0) is 101 Å². The van der Waals surface area contributed by atoms with Gasteiger partial charge in [-0.15, -0.1) is 11.3 Å². The molecule has 6 aromatic rings. The number of hydrogen-bond donors (Lipinski definition) is 0. The van der Waals surface area contributed by atoms with Crippen molar-refractivity contribution >= 4 is 43.3 Å². The van der Waals surface area contributed by atoms with Gasteiger partial charge in [0.15, 0.2) is 0 Å². The number of fused-ring (bicyclic) bond motifs is 3. The third-order valence-corrected chi connectivity index (χ3v) is 8.61. The molecule has 38 heavy (non-hydrogen) atoms. The van der Waals surface area contributed by atoms with Gasteiger partial charge in [-0.1, -0.05) is 46.8 Å². The molecule has 4 aromatic heterocycles. The maximum absolute atomic E-state index is 5.99. The van der Waals surface area contributed by atoms with Crippen LogP contribution in [-0.4, -0.2) is 9.97 Å². The van der Waals surface area contributed by atoms with Gasteiger partial charge in [-0.25, -0.2) is 4.98 Å². The van der Waals surface area contributed by atoms with Crippen LogP contribution in [0.3, 0.4) is 0 Å². The van der Waals surface area contributed by atoms with Gasteiger partial charge in [0.1, 0.15) is 0 Å². The van der Waals surface area contributed by atoms with Crippen LogP contribution in [0.2, 0.25) is 0 Å². The number of aromatic nitrogens is 2. The molecule has 0 N–H and O–H groups in total. The summed E-state index contributed by atoms with van der Waals surface area (Å²) in [6.45, 7) is 15.7. The van der Waals surface area contributed by atoms with Gasteiger partial charge >= 0.3 is 0 Å². The monoisotopic (exact) mass is 518 g/mol. The van der Waals surface area contributed by atoms with Crippen LogP contribution in [-0.2, 0) is 11.8 Å². The molecule has 3 nitrogen and oxygen atoms in total. The highest BCUT2D eigenvalue weighted by molar-refractivity contribution is 7.19.